The van der Waals surface area contributed by atoms with Gasteiger partial charge in [-0.05, 0) is 44.4 Å². The van der Waals surface area contributed by atoms with Crippen molar-refractivity contribution in [3.8, 4) is 0 Å². The number of H-pyrrole nitrogens is 1. The minimum Gasteiger partial charge on any atom is -0.756 e. The molecule has 0 radical (unpaired) electrons. The van der Waals surface area contributed by atoms with Gasteiger partial charge in [0, 0.05) is 34.9 Å². The first kappa shape index (κ1) is 47.4. The molecule has 0 aromatic carbocycles. The van der Waals surface area contributed by atoms with Crippen LogP contribution in [0.25, 0.3) is 10.4 Å². The van der Waals surface area contributed by atoms with Crippen LogP contribution in [0.2, 0.25) is 0 Å². The monoisotopic (exact) mass is 753 g/mol. The molecule has 6 atom stereocenters. The van der Waals surface area contributed by atoms with Crippen molar-refractivity contribution < 1.29 is 57.5 Å². The largest absolute Gasteiger partial charge is 1.00 e. The quantitative estimate of drug-likeness (QED) is 0.0291. The van der Waals surface area contributed by atoms with E-state index in [1.54, 1.807) is 0 Å². The average Bonchev–Trinajstić information content (AvgIpc) is 3.47. The van der Waals surface area contributed by atoms with E-state index in [1.807, 2.05) is 11.8 Å². The van der Waals surface area contributed by atoms with Gasteiger partial charge in [-0.15, -0.1) is 0 Å². The normalized spacial score (nSPS) is 19.7. The molecule has 1 saturated heterocycles. The second-order valence-corrected chi connectivity index (χ2v) is 15.8. The van der Waals surface area contributed by atoms with Crippen LogP contribution < -0.4 is 45.7 Å². The number of nitrogens with zero attached hydrogens (tertiary/aromatic N) is 4. The van der Waals surface area contributed by atoms with E-state index in [1.165, 1.54) is 108 Å². The van der Waals surface area contributed by atoms with Crippen molar-refractivity contribution in [3.05, 3.63) is 43.0 Å². The van der Waals surface area contributed by atoms with E-state index in [2.05, 4.69) is 35.8 Å². The van der Waals surface area contributed by atoms with Crippen molar-refractivity contribution >= 4 is 19.6 Å². The Morgan fingerprint density at radius 3 is 2.28 bits per heavy atom. The number of unbranched alkanes of at least 4 members (excludes halogenated alkanes) is 12. The number of aromatic nitrogens is 2. The Labute approximate surface area is 325 Å². The molecule has 3 unspecified atom stereocenters. The summed E-state index contributed by atoms with van der Waals surface area (Å²) in [6.07, 6.45) is 19.3. The number of aromatic amines is 1. The van der Waals surface area contributed by atoms with Crippen molar-refractivity contribution in [1.29, 1.82) is 0 Å². The first-order valence-corrected chi connectivity index (χ1v) is 21.0. The Bertz CT molecular complexity index is 1270. The van der Waals surface area contributed by atoms with Crippen LogP contribution in [0, 0.1) is 6.92 Å². The molecular weight excluding hydrogens is 692 g/mol. The van der Waals surface area contributed by atoms with Crippen molar-refractivity contribution in [2.75, 3.05) is 25.6 Å². The van der Waals surface area contributed by atoms with Crippen LogP contribution in [0.4, 0.5) is 0 Å². The molecule has 13 nitrogen and oxygen atoms in total. The summed E-state index contributed by atoms with van der Waals surface area (Å²) >= 11 is 2.01. The third-order valence-corrected chi connectivity index (χ3v) is 11.4. The molecule has 0 spiro atoms. The summed E-state index contributed by atoms with van der Waals surface area (Å²) in [5.74, 6) is 1.14. The Hall–Kier alpha value is -0.630. The Morgan fingerprint density at radius 1 is 1.02 bits per heavy atom. The van der Waals surface area contributed by atoms with Gasteiger partial charge in [-0.1, -0.05) is 102 Å². The predicted octanol–water partition coefficient (Wildman–Crippen LogP) is 5.11. The van der Waals surface area contributed by atoms with E-state index >= 15 is 0 Å². The van der Waals surface area contributed by atoms with Gasteiger partial charge in [0.15, 0.2) is 0 Å². The number of hydrogen-bond donors (Lipinski definition) is 1. The molecule has 1 fully saturated rings. The van der Waals surface area contributed by atoms with Gasteiger partial charge in [-0.25, -0.2) is 4.79 Å². The zero-order valence-corrected chi connectivity index (χ0v) is 34.9. The molecule has 1 aliphatic heterocycles. The molecule has 282 valence electrons. The fraction of sp³-hybridized carbons (Fsp3) is 0.882. The van der Waals surface area contributed by atoms with Gasteiger partial charge in [0.1, 0.15) is 6.23 Å². The van der Waals surface area contributed by atoms with Crippen LogP contribution in [-0.4, -0.2) is 58.6 Å². The number of hydrogen-bond acceptors (Lipinski definition) is 10. The molecule has 1 N–H and O–H groups in total. The van der Waals surface area contributed by atoms with Gasteiger partial charge in [-0.2, -0.15) is 11.8 Å². The van der Waals surface area contributed by atoms with Crippen LogP contribution in [0.1, 0.15) is 142 Å². The maximum atomic E-state index is 12.5. The van der Waals surface area contributed by atoms with Crippen LogP contribution in [-0.2, 0) is 23.1 Å². The third-order valence-electron chi connectivity index (χ3n) is 8.87. The summed E-state index contributed by atoms with van der Waals surface area (Å²) in [4.78, 5) is 41.5. The minimum absolute atomic E-state index is 0. The van der Waals surface area contributed by atoms with Gasteiger partial charge >= 0.3 is 35.2 Å². The molecule has 0 saturated carbocycles. The van der Waals surface area contributed by atoms with Gasteiger partial charge in [0.25, 0.3) is 13.4 Å². The number of phosphoric acid groups is 1. The molecule has 1 aromatic heterocycles. The van der Waals surface area contributed by atoms with E-state index in [0.717, 1.165) is 12.2 Å². The van der Waals surface area contributed by atoms with Crippen LogP contribution >= 0.6 is 19.6 Å². The molecule has 2 rings (SSSR count). The minimum atomic E-state index is -4.69. The first-order chi connectivity index (χ1) is 23.6. The van der Waals surface area contributed by atoms with Crippen LogP contribution in [0.3, 0.4) is 0 Å². The SMILES string of the molecule is CCCCCCCCCCCSC(CCCCCCC)C(C)OCCCOP(=O)([O-])OC[C@H]1O[C@@H](n2cc(C)c(=O)[nH]c2=O)C[C@@H]1N=[N+]=[N-].[Na+]. The third kappa shape index (κ3) is 19.4. The van der Waals surface area contributed by atoms with E-state index in [9.17, 15) is 19.0 Å². The van der Waals surface area contributed by atoms with Crippen molar-refractivity contribution in [3.63, 3.8) is 0 Å². The number of aryl methyl sites for hydroxylation is 1. The maximum Gasteiger partial charge on any atom is 1.00 e. The van der Waals surface area contributed by atoms with Crippen molar-refractivity contribution in [1.82, 2.24) is 9.55 Å². The van der Waals surface area contributed by atoms with E-state index in [4.69, 9.17) is 24.1 Å². The van der Waals surface area contributed by atoms with Gasteiger partial charge in [-0.3, -0.25) is 18.9 Å². The molecule has 0 bridgehead atoms. The van der Waals surface area contributed by atoms with E-state index in [-0.39, 0.29) is 48.7 Å². The van der Waals surface area contributed by atoms with Crippen molar-refractivity contribution in [2.24, 2.45) is 5.11 Å². The summed E-state index contributed by atoms with van der Waals surface area (Å²) in [6, 6.07) is -0.790. The summed E-state index contributed by atoms with van der Waals surface area (Å²) in [7, 11) is -4.69. The number of nitrogens with one attached hydrogen (secondary N) is 1. The zero-order chi connectivity index (χ0) is 35.9. The summed E-state index contributed by atoms with van der Waals surface area (Å²) in [5.41, 5.74) is 8.07. The first-order valence-electron chi connectivity index (χ1n) is 18.5. The zero-order valence-electron chi connectivity index (χ0n) is 31.2. The fourth-order valence-corrected chi connectivity index (χ4v) is 8.00. The number of rotatable bonds is 29. The molecular formula is C34H61N5NaO8PS. The van der Waals surface area contributed by atoms with Crippen LogP contribution in [0.5, 0.6) is 0 Å². The van der Waals surface area contributed by atoms with E-state index < -0.39 is 44.1 Å². The molecule has 2 heterocycles. The molecule has 50 heavy (non-hydrogen) atoms. The second kappa shape index (κ2) is 27.9. The van der Waals surface area contributed by atoms with Gasteiger partial charge < -0.3 is 23.4 Å². The van der Waals surface area contributed by atoms with Gasteiger partial charge in [0.05, 0.1) is 31.5 Å². The summed E-state index contributed by atoms with van der Waals surface area (Å²) in [5, 5.41) is 4.09. The predicted molar refractivity (Wildman–Crippen MR) is 194 cm³/mol. The molecule has 1 aromatic rings. The van der Waals surface area contributed by atoms with Crippen LogP contribution in [0.15, 0.2) is 20.9 Å². The molecule has 0 amide bonds. The smallest absolute Gasteiger partial charge is 0.756 e. The van der Waals surface area contributed by atoms with E-state index in [0.29, 0.717) is 23.8 Å². The molecule has 0 aliphatic carbocycles. The topological polar surface area (TPSA) is 181 Å². The number of azide groups is 1. The number of ether oxygens (including phenoxy) is 2. The fourth-order valence-electron chi connectivity index (χ4n) is 5.89. The maximum absolute atomic E-state index is 12.5. The molecule has 1 aliphatic rings. The van der Waals surface area contributed by atoms with Crippen molar-refractivity contribution in [2.45, 2.75) is 167 Å². The summed E-state index contributed by atoms with van der Waals surface area (Å²) < 4.78 is 35.8. The number of phosphoric ester groups is 1. The number of thioether (sulfide) groups is 1. The molecule has 16 heteroatoms. The average molecular weight is 754 g/mol. The van der Waals surface area contributed by atoms with Gasteiger partial charge in [0.2, 0.25) is 0 Å². The Morgan fingerprint density at radius 2 is 1.64 bits per heavy atom. The Kier molecular flexibility index (Phi) is 26.4. The summed E-state index contributed by atoms with van der Waals surface area (Å²) in [6.45, 7) is 7.94. The second-order valence-electron chi connectivity index (χ2n) is 13.1. The standard InChI is InChI=1S/C34H62N5O8PS.Na/c1-5-7-9-11-12-13-14-16-18-23-49-31(20-17-15-10-8-6-2)28(4)44-21-19-22-45-48(42,43)46-26-30-29(37-38-35)24-32(47-30)39-25-27(3)33(40)36-34(39)41;/h25,28-32H,5-24,26H2,1-4H3,(H,42,43)(H,36,40,41);/q;+1/p-1/t28?,29-,30+,31?,32+;/m0./s1. The Balaban J connectivity index is 0.0000125.